The van der Waals surface area contributed by atoms with Gasteiger partial charge in [0.05, 0.1) is 0 Å². The molecule has 0 saturated carbocycles. The molecule has 0 aromatic heterocycles. The highest BCUT2D eigenvalue weighted by Crippen LogP contribution is 2.12. The van der Waals surface area contributed by atoms with Gasteiger partial charge in [-0.3, -0.25) is 0 Å². The van der Waals surface area contributed by atoms with E-state index in [4.69, 9.17) is 5.73 Å². The lowest BCUT2D eigenvalue weighted by Crippen LogP contribution is -2.16. The second-order valence-corrected chi connectivity index (χ2v) is 3.82. The molecule has 0 heterocycles. The molecule has 1 aromatic rings. The fourth-order valence-corrected chi connectivity index (χ4v) is 1.56. The number of hydrogen-bond donors (Lipinski definition) is 1. The maximum absolute atomic E-state index is 5.69. The summed E-state index contributed by atoms with van der Waals surface area (Å²) in [6, 6.07) is 8.66. The summed E-state index contributed by atoms with van der Waals surface area (Å²) in [5.74, 6) is 0.537. The molecule has 14 heavy (non-hydrogen) atoms. The van der Waals surface area contributed by atoms with E-state index < -0.39 is 0 Å². The van der Waals surface area contributed by atoms with E-state index in [1.807, 2.05) is 6.08 Å². The second-order valence-electron chi connectivity index (χ2n) is 3.82. The Labute approximate surface area is 86.6 Å². The number of rotatable bonds is 5. The summed E-state index contributed by atoms with van der Waals surface area (Å²) >= 11 is 0. The van der Waals surface area contributed by atoms with Crippen molar-refractivity contribution in [2.45, 2.75) is 19.8 Å². The van der Waals surface area contributed by atoms with Gasteiger partial charge in [-0.2, -0.15) is 0 Å². The minimum absolute atomic E-state index is 0.537. The highest BCUT2D eigenvalue weighted by atomic mass is 14.5. The van der Waals surface area contributed by atoms with E-state index in [2.05, 4.69) is 37.8 Å². The summed E-state index contributed by atoms with van der Waals surface area (Å²) in [7, 11) is 0. The van der Waals surface area contributed by atoms with E-state index in [9.17, 15) is 0 Å². The van der Waals surface area contributed by atoms with E-state index in [0.717, 1.165) is 19.4 Å². The third-order valence-electron chi connectivity index (χ3n) is 2.48. The van der Waals surface area contributed by atoms with Crippen LogP contribution in [0.5, 0.6) is 0 Å². The van der Waals surface area contributed by atoms with Crippen molar-refractivity contribution in [1.82, 2.24) is 0 Å². The van der Waals surface area contributed by atoms with Gasteiger partial charge >= 0.3 is 0 Å². The number of benzene rings is 1. The molecule has 1 heteroatoms. The minimum atomic E-state index is 0.537. The van der Waals surface area contributed by atoms with Gasteiger partial charge in [-0.05, 0) is 37.8 Å². The Hall–Kier alpha value is -1.08. The van der Waals surface area contributed by atoms with Gasteiger partial charge < -0.3 is 5.73 Å². The van der Waals surface area contributed by atoms with Crippen molar-refractivity contribution < 1.29 is 0 Å². The fourth-order valence-electron chi connectivity index (χ4n) is 1.56. The first kappa shape index (κ1) is 11.0. The summed E-state index contributed by atoms with van der Waals surface area (Å²) in [6.07, 6.45) is 4.01. The Morgan fingerprint density at radius 3 is 2.50 bits per heavy atom. The summed E-state index contributed by atoms with van der Waals surface area (Å²) in [4.78, 5) is 0. The lowest BCUT2D eigenvalue weighted by Gasteiger charge is -2.12. The van der Waals surface area contributed by atoms with Gasteiger partial charge in [-0.15, -0.1) is 6.58 Å². The van der Waals surface area contributed by atoms with Crippen LogP contribution in [0.3, 0.4) is 0 Å². The van der Waals surface area contributed by atoms with E-state index in [1.54, 1.807) is 0 Å². The van der Waals surface area contributed by atoms with Gasteiger partial charge in [0, 0.05) is 0 Å². The predicted octanol–water partition coefficient (Wildman–Crippen LogP) is 2.69. The molecule has 1 atom stereocenters. The molecule has 1 rings (SSSR count). The molecule has 0 radical (unpaired) electrons. The lowest BCUT2D eigenvalue weighted by atomic mass is 9.96. The van der Waals surface area contributed by atoms with E-state index >= 15 is 0 Å². The van der Waals surface area contributed by atoms with Crippen LogP contribution in [0.25, 0.3) is 0 Å². The molecule has 0 amide bonds. The summed E-state index contributed by atoms with van der Waals surface area (Å²) in [5, 5.41) is 0. The maximum Gasteiger partial charge on any atom is -0.00427 e. The Bertz CT molecular complexity index is 274. The molecular weight excluding hydrogens is 170 g/mol. The molecule has 0 unspecified atom stereocenters. The highest BCUT2D eigenvalue weighted by Gasteiger charge is 2.05. The molecule has 0 spiro atoms. The van der Waals surface area contributed by atoms with Crippen LogP contribution < -0.4 is 5.73 Å². The topological polar surface area (TPSA) is 26.0 Å². The van der Waals surface area contributed by atoms with E-state index in [1.165, 1.54) is 11.1 Å². The van der Waals surface area contributed by atoms with Gasteiger partial charge in [0.15, 0.2) is 0 Å². The molecule has 0 fully saturated rings. The van der Waals surface area contributed by atoms with Gasteiger partial charge in [-0.25, -0.2) is 0 Å². The van der Waals surface area contributed by atoms with Gasteiger partial charge in [0.1, 0.15) is 0 Å². The van der Waals surface area contributed by atoms with Crippen molar-refractivity contribution >= 4 is 0 Å². The number of hydrogen-bond acceptors (Lipinski definition) is 1. The average Bonchev–Trinajstić information content (AvgIpc) is 2.20. The third kappa shape index (κ3) is 3.35. The van der Waals surface area contributed by atoms with Crippen LogP contribution in [-0.2, 0) is 6.42 Å². The van der Waals surface area contributed by atoms with Crippen LogP contribution in [0.2, 0.25) is 0 Å². The number of allylic oxidation sites excluding steroid dienone is 1. The van der Waals surface area contributed by atoms with Crippen LogP contribution in [0, 0.1) is 12.8 Å². The molecule has 76 valence electrons. The summed E-state index contributed by atoms with van der Waals surface area (Å²) in [5.41, 5.74) is 8.36. The molecule has 1 nitrogen and oxygen atoms in total. The van der Waals surface area contributed by atoms with Crippen LogP contribution in [0.1, 0.15) is 17.5 Å². The van der Waals surface area contributed by atoms with Crippen molar-refractivity contribution in [3.8, 4) is 0 Å². The van der Waals surface area contributed by atoms with Crippen LogP contribution >= 0.6 is 0 Å². The second kappa shape index (κ2) is 5.61. The zero-order chi connectivity index (χ0) is 10.4. The van der Waals surface area contributed by atoms with Gasteiger partial charge in [0.2, 0.25) is 0 Å². The third-order valence-corrected chi connectivity index (χ3v) is 2.48. The van der Waals surface area contributed by atoms with Crippen molar-refractivity contribution in [1.29, 1.82) is 0 Å². The molecule has 0 bridgehead atoms. The summed E-state index contributed by atoms with van der Waals surface area (Å²) in [6.45, 7) is 6.59. The Balaban J connectivity index is 2.57. The van der Waals surface area contributed by atoms with Crippen molar-refractivity contribution in [3.05, 3.63) is 48.0 Å². The monoisotopic (exact) mass is 189 g/mol. The fraction of sp³-hybridized carbons (Fsp3) is 0.385. The predicted molar refractivity (Wildman–Crippen MR) is 62.2 cm³/mol. The smallest absolute Gasteiger partial charge is 0.00427 e. The first-order valence-corrected chi connectivity index (χ1v) is 5.12. The molecular formula is C13H19N. The first-order chi connectivity index (χ1) is 6.76. The number of nitrogens with two attached hydrogens (primary N) is 1. The average molecular weight is 189 g/mol. The molecule has 2 N–H and O–H groups in total. The standard InChI is InChI=1S/C13H19N/c1-3-4-13(10-14)9-12-7-5-11(2)6-8-12/h3,5-8,13H,1,4,9-10,14H2,2H3/t13-/m1/s1. The Kier molecular flexibility index (Phi) is 4.41. The quantitative estimate of drug-likeness (QED) is 0.708. The first-order valence-electron chi connectivity index (χ1n) is 5.12. The SMILES string of the molecule is C=CC[C@@H](CN)Cc1ccc(C)cc1. The van der Waals surface area contributed by atoms with Crippen LogP contribution in [-0.4, -0.2) is 6.54 Å². The summed E-state index contributed by atoms with van der Waals surface area (Å²) < 4.78 is 0. The zero-order valence-electron chi connectivity index (χ0n) is 8.87. The van der Waals surface area contributed by atoms with Crippen molar-refractivity contribution in [2.75, 3.05) is 6.54 Å². The lowest BCUT2D eigenvalue weighted by molar-refractivity contribution is 0.544. The molecule has 0 aliphatic heterocycles. The molecule has 1 aromatic carbocycles. The highest BCUT2D eigenvalue weighted by molar-refractivity contribution is 5.21. The van der Waals surface area contributed by atoms with E-state index in [-0.39, 0.29) is 0 Å². The van der Waals surface area contributed by atoms with E-state index in [0.29, 0.717) is 5.92 Å². The van der Waals surface area contributed by atoms with Gasteiger partial charge in [-0.1, -0.05) is 35.9 Å². The number of aryl methyl sites for hydroxylation is 1. The van der Waals surface area contributed by atoms with Crippen LogP contribution in [0.4, 0.5) is 0 Å². The minimum Gasteiger partial charge on any atom is -0.330 e. The van der Waals surface area contributed by atoms with Gasteiger partial charge in [0.25, 0.3) is 0 Å². The Morgan fingerprint density at radius 2 is 2.00 bits per heavy atom. The van der Waals surface area contributed by atoms with Crippen molar-refractivity contribution in [2.24, 2.45) is 11.7 Å². The maximum atomic E-state index is 5.69. The molecule has 0 saturated heterocycles. The molecule has 0 aliphatic rings. The van der Waals surface area contributed by atoms with Crippen molar-refractivity contribution in [3.63, 3.8) is 0 Å². The largest absolute Gasteiger partial charge is 0.330 e. The van der Waals surface area contributed by atoms with Crippen LogP contribution in [0.15, 0.2) is 36.9 Å². The molecule has 0 aliphatic carbocycles. The normalized spacial score (nSPS) is 12.4. The zero-order valence-corrected chi connectivity index (χ0v) is 8.87. The Morgan fingerprint density at radius 1 is 1.36 bits per heavy atom.